The molecule has 0 aromatic heterocycles. The Morgan fingerprint density at radius 1 is 1.25 bits per heavy atom. The van der Waals surface area contributed by atoms with E-state index >= 15 is 0 Å². The Morgan fingerprint density at radius 2 is 1.89 bits per heavy atom. The predicted molar refractivity (Wildman–Crippen MR) is 96.5 cm³/mol. The van der Waals surface area contributed by atoms with Gasteiger partial charge in [0.2, 0.25) is 0 Å². The SMILES string of the molecule is CC1(C)C[C@@](C)(c2cc(CC(=O)C3(C(F)(F)F)CC3)ccc2F)N=C(N)CO1. The van der Waals surface area contributed by atoms with Gasteiger partial charge in [-0.3, -0.25) is 9.79 Å². The highest BCUT2D eigenvalue weighted by Gasteiger charge is 2.67. The molecule has 1 aliphatic heterocycles. The van der Waals surface area contributed by atoms with Crippen LogP contribution in [0.15, 0.2) is 23.2 Å². The molecule has 1 saturated carbocycles. The second-order valence-corrected chi connectivity index (χ2v) is 8.60. The number of aliphatic imine (C=N–C) groups is 1. The normalized spacial score (nSPS) is 26.3. The minimum atomic E-state index is -4.56. The lowest BCUT2D eigenvalue weighted by Crippen LogP contribution is -2.34. The van der Waals surface area contributed by atoms with Crippen molar-refractivity contribution < 1.29 is 27.1 Å². The average Bonchev–Trinajstić information content (AvgIpc) is 3.35. The number of nitrogens with zero attached hydrogens (tertiary/aromatic N) is 1. The summed E-state index contributed by atoms with van der Waals surface area (Å²) in [5.41, 5.74) is 2.46. The van der Waals surface area contributed by atoms with E-state index < -0.39 is 40.8 Å². The second-order valence-electron chi connectivity index (χ2n) is 8.60. The van der Waals surface area contributed by atoms with Crippen LogP contribution in [0.5, 0.6) is 0 Å². The molecule has 0 radical (unpaired) electrons. The monoisotopic (exact) mass is 400 g/mol. The van der Waals surface area contributed by atoms with E-state index in [9.17, 15) is 22.4 Å². The molecule has 3 rings (SSSR count). The molecule has 4 nitrogen and oxygen atoms in total. The van der Waals surface area contributed by atoms with E-state index in [4.69, 9.17) is 10.5 Å². The zero-order valence-electron chi connectivity index (χ0n) is 16.1. The first-order valence-corrected chi connectivity index (χ1v) is 9.15. The van der Waals surface area contributed by atoms with Gasteiger partial charge in [-0.25, -0.2) is 4.39 Å². The van der Waals surface area contributed by atoms with Crippen molar-refractivity contribution in [2.45, 2.75) is 63.8 Å². The first-order chi connectivity index (χ1) is 12.8. The van der Waals surface area contributed by atoms with Crippen LogP contribution in [0, 0.1) is 11.2 Å². The number of hydrogen-bond donors (Lipinski definition) is 1. The summed E-state index contributed by atoms with van der Waals surface area (Å²) in [6.07, 6.45) is -5.01. The number of Topliss-reactive ketones (excluding diaryl/α,β-unsaturated/α-hetero) is 1. The number of halogens is 4. The van der Waals surface area contributed by atoms with Gasteiger partial charge in [-0.1, -0.05) is 12.1 Å². The van der Waals surface area contributed by atoms with E-state index in [2.05, 4.69) is 4.99 Å². The van der Waals surface area contributed by atoms with Gasteiger partial charge in [-0.05, 0) is 45.2 Å². The van der Waals surface area contributed by atoms with Crippen LogP contribution in [0.2, 0.25) is 0 Å². The van der Waals surface area contributed by atoms with E-state index in [1.54, 1.807) is 6.92 Å². The maximum absolute atomic E-state index is 14.7. The fraction of sp³-hybridized carbons (Fsp3) is 0.600. The molecule has 0 unspecified atom stereocenters. The van der Waals surface area contributed by atoms with Gasteiger partial charge in [0.1, 0.15) is 23.7 Å². The first-order valence-electron chi connectivity index (χ1n) is 9.15. The van der Waals surface area contributed by atoms with Gasteiger partial charge in [0.25, 0.3) is 0 Å². The fourth-order valence-corrected chi connectivity index (χ4v) is 3.99. The highest BCUT2D eigenvalue weighted by molar-refractivity contribution is 5.90. The molecule has 2 aliphatic rings. The molecule has 28 heavy (non-hydrogen) atoms. The third-order valence-corrected chi connectivity index (χ3v) is 5.57. The molecule has 1 fully saturated rings. The molecule has 8 heteroatoms. The molecular weight excluding hydrogens is 376 g/mol. The Labute approximate surface area is 161 Å². The lowest BCUT2D eigenvalue weighted by atomic mass is 9.81. The van der Waals surface area contributed by atoms with Crippen LogP contribution in [0.25, 0.3) is 0 Å². The number of amidine groups is 1. The summed E-state index contributed by atoms with van der Waals surface area (Å²) in [6, 6.07) is 3.94. The number of nitrogens with two attached hydrogens (primary N) is 1. The number of alkyl halides is 3. The molecule has 1 atom stereocenters. The third-order valence-electron chi connectivity index (χ3n) is 5.57. The number of hydrogen-bond acceptors (Lipinski definition) is 4. The number of ether oxygens (including phenoxy) is 1. The van der Waals surface area contributed by atoms with Crippen LogP contribution in [0.3, 0.4) is 0 Å². The van der Waals surface area contributed by atoms with Gasteiger partial charge < -0.3 is 10.5 Å². The fourth-order valence-electron chi connectivity index (χ4n) is 3.99. The van der Waals surface area contributed by atoms with Gasteiger partial charge in [0.05, 0.1) is 11.1 Å². The number of carbonyl (C=O) groups excluding carboxylic acids is 1. The molecule has 1 aromatic rings. The van der Waals surface area contributed by atoms with E-state index in [1.165, 1.54) is 18.2 Å². The largest absolute Gasteiger partial charge is 0.401 e. The zero-order valence-corrected chi connectivity index (χ0v) is 16.1. The smallest absolute Gasteiger partial charge is 0.386 e. The summed E-state index contributed by atoms with van der Waals surface area (Å²) in [5, 5.41) is 0. The molecule has 0 amide bonds. The molecule has 0 bridgehead atoms. The predicted octanol–water partition coefficient (Wildman–Crippen LogP) is 4.05. The van der Waals surface area contributed by atoms with Crippen LogP contribution >= 0.6 is 0 Å². The molecule has 0 spiro atoms. The van der Waals surface area contributed by atoms with Crippen molar-refractivity contribution in [3.05, 3.63) is 35.1 Å². The molecule has 0 saturated heterocycles. The summed E-state index contributed by atoms with van der Waals surface area (Å²) in [7, 11) is 0. The van der Waals surface area contributed by atoms with E-state index in [0.717, 1.165) is 0 Å². The Hall–Kier alpha value is -1.96. The zero-order chi connectivity index (χ0) is 21.0. The highest BCUT2D eigenvalue weighted by Crippen LogP contribution is 2.58. The summed E-state index contributed by atoms with van der Waals surface area (Å²) in [6.45, 7) is 5.49. The summed E-state index contributed by atoms with van der Waals surface area (Å²) in [5.74, 6) is -1.22. The van der Waals surface area contributed by atoms with Crippen LogP contribution in [-0.2, 0) is 21.5 Å². The van der Waals surface area contributed by atoms with Crippen molar-refractivity contribution in [1.29, 1.82) is 0 Å². The maximum Gasteiger partial charge on any atom is 0.401 e. The van der Waals surface area contributed by atoms with Gasteiger partial charge in [0.15, 0.2) is 5.78 Å². The van der Waals surface area contributed by atoms with Crippen LogP contribution < -0.4 is 5.73 Å². The van der Waals surface area contributed by atoms with E-state index in [0.29, 0.717) is 12.0 Å². The van der Waals surface area contributed by atoms with Gasteiger partial charge in [-0.15, -0.1) is 0 Å². The number of rotatable bonds is 4. The lowest BCUT2D eigenvalue weighted by Gasteiger charge is -2.33. The minimum absolute atomic E-state index is 0.108. The Bertz CT molecular complexity index is 828. The second kappa shape index (κ2) is 6.54. The van der Waals surface area contributed by atoms with E-state index in [-0.39, 0.29) is 30.8 Å². The van der Waals surface area contributed by atoms with Crippen molar-refractivity contribution in [3.63, 3.8) is 0 Å². The molecule has 1 heterocycles. The topological polar surface area (TPSA) is 64.7 Å². The number of benzene rings is 1. The summed E-state index contributed by atoms with van der Waals surface area (Å²) in [4.78, 5) is 16.7. The first kappa shape index (κ1) is 20.8. The van der Waals surface area contributed by atoms with Crippen molar-refractivity contribution in [2.24, 2.45) is 16.1 Å². The molecular formula is C20H24F4N2O2. The number of carbonyl (C=O) groups is 1. The van der Waals surface area contributed by atoms with Gasteiger partial charge in [0, 0.05) is 18.4 Å². The van der Waals surface area contributed by atoms with Crippen molar-refractivity contribution in [2.75, 3.05) is 6.61 Å². The van der Waals surface area contributed by atoms with Gasteiger partial charge in [-0.2, -0.15) is 13.2 Å². The van der Waals surface area contributed by atoms with Crippen LogP contribution in [0.1, 0.15) is 51.2 Å². The number of ketones is 1. The average molecular weight is 400 g/mol. The van der Waals surface area contributed by atoms with Crippen molar-refractivity contribution in [3.8, 4) is 0 Å². The maximum atomic E-state index is 14.7. The van der Waals surface area contributed by atoms with Crippen molar-refractivity contribution >= 4 is 11.6 Å². The Morgan fingerprint density at radius 3 is 2.46 bits per heavy atom. The Kier molecular flexibility index (Phi) is 4.85. The quantitative estimate of drug-likeness (QED) is 0.776. The summed E-state index contributed by atoms with van der Waals surface area (Å²) >= 11 is 0. The minimum Gasteiger partial charge on any atom is -0.386 e. The van der Waals surface area contributed by atoms with Crippen LogP contribution in [0.4, 0.5) is 17.6 Å². The van der Waals surface area contributed by atoms with Gasteiger partial charge >= 0.3 is 6.18 Å². The third kappa shape index (κ3) is 3.79. The Balaban J connectivity index is 1.94. The molecule has 1 aromatic carbocycles. The molecule has 1 aliphatic carbocycles. The standard InChI is InChI=1S/C20H24F4N2O2/c1-17(2)11-18(3,26-16(25)10-28-17)13-8-12(4-5-14(13)21)9-15(27)19(6-7-19)20(22,23)24/h4-5,8H,6-7,9-11H2,1-3H3,(H2,25,26)/t18-/m0/s1. The molecule has 154 valence electrons. The highest BCUT2D eigenvalue weighted by atomic mass is 19.4. The van der Waals surface area contributed by atoms with Crippen LogP contribution in [-0.4, -0.2) is 30.0 Å². The van der Waals surface area contributed by atoms with Crippen molar-refractivity contribution in [1.82, 2.24) is 0 Å². The van der Waals surface area contributed by atoms with E-state index in [1.807, 2.05) is 13.8 Å². The summed E-state index contributed by atoms with van der Waals surface area (Å²) < 4.78 is 59.9. The lowest BCUT2D eigenvalue weighted by molar-refractivity contribution is -0.190. The molecule has 2 N–H and O–H groups in total.